The van der Waals surface area contributed by atoms with Gasteiger partial charge in [-0.2, -0.15) is 0 Å². The molecular formula is C27H52N3O+. The van der Waals surface area contributed by atoms with Crippen molar-refractivity contribution < 1.29 is 9.28 Å². The average molecular weight is 435 g/mol. The highest BCUT2D eigenvalue weighted by Crippen LogP contribution is 2.27. The van der Waals surface area contributed by atoms with Gasteiger partial charge in [-0.1, -0.05) is 76.9 Å². The van der Waals surface area contributed by atoms with Gasteiger partial charge in [0.1, 0.15) is 6.54 Å². The summed E-state index contributed by atoms with van der Waals surface area (Å²) in [5.74, 6) is 0.0574. The Morgan fingerprint density at radius 3 is 2.06 bits per heavy atom. The molecule has 3 unspecified atom stereocenters. The molecule has 4 heteroatoms. The van der Waals surface area contributed by atoms with E-state index >= 15 is 0 Å². The lowest BCUT2D eigenvalue weighted by atomic mass is 10.1. The molecule has 0 fully saturated rings. The van der Waals surface area contributed by atoms with Gasteiger partial charge >= 0.3 is 0 Å². The summed E-state index contributed by atoms with van der Waals surface area (Å²) in [7, 11) is 0. The number of aliphatic imine (C=N–C) groups is 1. The first kappa shape index (κ1) is 27.9. The van der Waals surface area contributed by atoms with E-state index in [0.717, 1.165) is 24.0 Å². The van der Waals surface area contributed by atoms with Gasteiger partial charge in [0.25, 0.3) is 0 Å². The van der Waals surface area contributed by atoms with Crippen LogP contribution in [-0.4, -0.2) is 42.0 Å². The average Bonchev–Trinajstić information content (AvgIpc) is 3.17. The van der Waals surface area contributed by atoms with Crippen LogP contribution in [0, 0.1) is 0 Å². The number of nitrogens with one attached hydrogen (secondary N) is 1. The van der Waals surface area contributed by atoms with Crippen molar-refractivity contribution >= 4 is 12.1 Å². The van der Waals surface area contributed by atoms with Gasteiger partial charge in [-0.15, -0.1) is 0 Å². The first-order valence-corrected chi connectivity index (χ1v) is 13.4. The minimum absolute atomic E-state index is 0.0574. The summed E-state index contributed by atoms with van der Waals surface area (Å²) in [6, 6.07) is 0. The summed E-state index contributed by atoms with van der Waals surface area (Å²) >= 11 is 0. The van der Waals surface area contributed by atoms with E-state index < -0.39 is 0 Å². The fourth-order valence-electron chi connectivity index (χ4n) is 4.93. The van der Waals surface area contributed by atoms with Gasteiger partial charge in [0.05, 0.1) is 12.8 Å². The minimum atomic E-state index is 0.0574. The van der Waals surface area contributed by atoms with E-state index in [0.29, 0.717) is 6.17 Å². The van der Waals surface area contributed by atoms with Crippen LogP contribution in [0.1, 0.15) is 124 Å². The minimum Gasteiger partial charge on any atom is -0.307 e. The van der Waals surface area contributed by atoms with Gasteiger partial charge in [0, 0.05) is 20.3 Å². The van der Waals surface area contributed by atoms with Crippen molar-refractivity contribution in [2.75, 3.05) is 13.1 Å². The molecular weight excluding hydrogens is 382 g/mol. The summed E-state index contributed by atoms with van der Waals surface area (Å²) < 4.78 is 0.881. The number of unbranched alkanes of at least 4 members (excludes halogenated alkanes) is 12. The smallest absolute Gasteiger partial charge is 0.221 e. The van der Waals surface area contributed by atoms with Crippen molar-refractivity contribution in [3.05, 3.63) is 12.2 Å². The highest BCUT2D eigenvalue weighted by atomic mass is 16.1. The molecule has 4 nitrogen and oxygen atoms in total. The number of allylic oxidation sites excluding steroid dienone is 2. The molecule has 1 heterocycles. The second-order valence-electron chi connectivity index (χ2n) is 9.52. The second kappa shape index (κ2) is 17.4. The Morgan fingerprint density at radius 2 is 1.52 bits per heavy atom. The molecule has 0 aliphatic carbocycles. The topological polar surface area (TPSA) is 41.5 Å². The van der Waals surface area contributed by atoms with Crippen molar-refractivity contribution in [3.63, 3.8) is 0 Å². The van der Waals surface area contributed by atoms with Crippen LogP contribution in [0.15, 0.2) is 17.1 Å². The van der Waals surface area contributed by atoms with E-state index in [2.05, 4.69) is 44.5 Å². The SMILES string of the molecule is CCCCCCC/C=C/CCCCCCCCCC1N=CC[N+]1(CC)C(C)NC(C)=O. The van der Waals surface area contributed by atoms with Crippen molar-refractivity contribution in [1.29, 1.82) is 0 Å². The third-order valence-electron chi connectivity index (χ3n) is 7.04. The Morgan fingerprint density at radius 1 is 0.968 bits per heavy atom. The molecule has 1 N–H and O–H groups in total. The van der Waals surface area contributed by atoms with E-state index in [1.165, 1.54) is 89.9 Å². The molecule has 0 aromatic rings. The summed E-state index contributed by atoms with van der Waals surface area (Å²) in [4.78, 5) is 16.3. The second-order valence-corrected chi connectivity index (χ2v) is 9.52. The van der Waals surface area contributed by atoms with Crippen molar-refractivity contribution in [2.24, 2.45) is 4.99 Å². The van der Waals surface area contributed by atoms with Crippen LogP contribution >= 0.6 is 0 Å². The fraction of sp³-hybridized carbons (Fsp3) is 0.852. The number of rotatable bonds is 19. The van der Waals surface area contributed by atoms with E-state index in [1.54, 1.807) is 6.92 Å². The van der Waals surface area contributed by atoms with Crippen LogP contribution in [-0.2, 0) is 4.79 Å². The predicted molar refractivity (Wildman–Crippen MR) is 135 cm³/mol. The van der Waals surface area contributed by atoms with Crippen LogP contribution in [0.2, 0.25) is 0 Å². The lowest BCUT2D eigenvalue weighted by molar-refractivity contribution is -0.959. The van der Waals surface area contributed by atoms with Crippen molar-refractivity contribution in [3.8, 4) is 0 Å². The molecule has 1 aliphatic heterocycles. The van der Waals surface area contributed by atoms with E-state index in [-0.39, 0.29) is 12.1 Å². The molecule has 0 radical (unpaired) electrons. The Balaban J connectivity index is 2.03. The molecule has 0 aromatic heterocycles. The van der Waals surface area contributed by atoms with E-state index in [4.69, 9.17) is 4.99 Å². The van der Waals surface area contributed by atoms with Gasteiger partial charge in [0.2, 0.25) is 5.91 Å². The number of hydrogen-bond donors (Lipinski definition) is 1. The number of quaternary nitrogens is 1. The quantitative estimate of drug-likeness (QED) is 0.131. The fourth-order valence-corrected chi connectivity index (χ4v) is 4.93. The Labute approximate surface area is 193 Å². The standard InChI is InChI=1S/C27H51N3O/c1-5-7-8-9-10-11-12-13-14-15-16-17-18-19-20-21-22-27-28-23-24-30(27,6-2)25(3)29-26(4)31/h12-13,23,25,27H,5-11,14-22,24H2,1-4H3/p+1/b13-12+. The lowest BCUT2D eigenvalue weighted by Crippen LogP contribution is -2.63. The van der Waals surface area contributed by atoms with E-state index in [9.17, 15) is 4.79 Å². The zero-order chi connectivity index (χ0) is 22.8. The Hall–Kier alpha value is -1.16. The van der Waals surface area contributed by atoms with Crippen LogP contribution < -0.4 is 5.32 Å². The van der Waals surface area contributed by atoms with Crippen LogP contribution in [0.5, 0.6) is 0 Å². The summed E-state index contributed by atoms with van der Waals surface area (Å²) in [5.41, 5.74) is 0. The Bertz CT molecular complexity index is 517. The number of carbonyl (C=O) groups excluding carboxylic acids is 1. The number of hydrogen-bond acceptors (Lipinski definition) is 2. The molecule has 0 saturated carbocycles. The third kappa shape index (κ3) is 11.3. The molecule has 1 aliphatic rings. The molecule has 1 rings (SSSR count). The molecule has 3 atom stereocenters. The Kier molecular flexibility index (Phi) is 15.6. The number of carbonyl (C=O) groups is 1. The van der Waals surface area contributed by atoms with Crippen LogP contribution in [0.4, 0.5) is 0 Å². The molecule has 0 bridgehead atoms. The first-order valence-electron chi connectivity index (χ1n) is 13.4. The highest BCUT2D eigenvalue weighted by Gasteiger charge is 2.42. The first-order chi connectivity index (χ1) is 15.1. The zero-order valence-electron chi connectivity index (χ0n) is 21.2. The molecule has 0 spiro atoms. The van der Waals surface area contributed by atoms with Crippen molar-refractivity contribution in [1.82, 2.24) is 5.32 Å². The monoisotopic (exact) mass is 434 g/mol. The predicted octanol–water partition coefficient (Wildman–Crippen LogP) is 7.14. The summed E-state index contributed by atoms with van der Waals surface area (Å²) in [6.45, 7) is 10.2. The van der Waals surface area contributed by atoms with Crippen LogP contribution in [0.3, 0.4) is 0 Å². The maximum atomic E-state index is 11.5. The third-order valence-corrected chi connectivity index (χ3v) is 7.04. The zero-order valence-corrected chi connectivity index (χ0v) is 21.2. The lowest BCUT2D eigenvalue weighted by Gasteiger charge is -2.42. The van der Waals surface area contributed by atoms with Gasteiger partial charge in [-0.25, -0.2) is 4.99 Å². The normalized spacial score (nSPS) is 21.7. The summed E-state index contributed by atoms with van der Waals surface area (Å²) in [6.07, 6.45) is 27.3. The maximum absolute atomic E-state index is 11.5. The van der Waals surface area contributed by atoms with E-state index in [1.807, 2.05) is 0 Å². The highest BCUT2D eigenvalue weighted by molar-refractivity contribution is 5.73. The van der Waals surface area contributed by atoms with Gasteiger partial charge in [-0.3, -0.25) is 9.28 Å². The number of amides is 1. The van der Waals surface area contributed by atoms with Gasteiger partial charge < -0.3 is 5.32 Å². The molecule has 0 saturated heterocycles. The van der Waals surface area contributed by atoms with Crippen molar-refractivity contribution in [2.45, 2.75) is 136 Å². The largest absolute Gasteiger partial charge is 0.307 e. The molecule has 0 aromatic carbocycles. The van der Waals surface area contributed by atoms with Gasteiger partial charge in [0.15, 0.2) is 12.3 Å². The van der Waals surface area contributed by atoms with Crippen LogP contribution in [0.25, 0.3) is 0 Å². The molecule has 1 amide bonds. The van der Waals surface area contributed by atoms with Gasteiger partial charge in [-0.05, 0) is 39.0 Å². The summed E-state index contributed by atoms with van der Waals surface area (Å²) in [5, 5.41) is 3.11. The maximum Gasteiger partial charge on any atom is 0.221 e. The number of nitrogens with zero attached hydrogens (tertiary/aromatic N) is 2. The molecule has 31 heavy (non-hydrogen) atoms. The molecule has 180 valence electrons.